The lowest BCUT2D eigenvalue weighted by molar-refractivity contribution is -0.123. The third-order valence-electron chi connectivity index (χ3n) is 5.29. The lowest BCUT2D eigenvalue weighted by Crippen LogP contribution is -2.29. The molecule has 4 rings (SSSR count). The van der Waals surface area contributed by atoms with Crippen LogP contribution in [0.25, 0.3) is 16.9 Å². The fourth-order valence-corrected chi connectivity index (χ4v) is 3.80. The first-order valence-electron chi connectivity index (χ1n) is 9.52. The van der Waals surface area contributed by atoms with Crippen molar-refractivity contribution < 1.29 is 9.53 Å². The number of hydrogen-bond donors (Lipinski definition) is 1. The van der Waals surface area contributed by atoms with Crippen LogP contribution in [0.2, 0.25) is 0 Å². The highest BCUT2D eigenvalue weighted by molar-refractivity contribution is 5.76. The lowest BCUT2D eigenvalue weighted by atomic mass is 9.79. The van der Waals surface area contributed by atoms with Crippen LogP contribution < -0.4 is 5.73 Å². The van der Waals surface area contributed by atoms with Gasteiger partial charge in [-0.25, -0.2) is 9.97 Å². The van der Waals surface area contributed by atoms with E-state index in [9.17, 15) is 4.79 Å². The van der Waals surface area contributed by atoms with Gasteiger partial charge in [-0.2, -0.15) is 9.78 Å². The highest BCUT2D eigenvalue weighted by Gasteiger charge is 2.26. The van der Waals surface area contributed by atoms with E-state index in [4.69, 9.17) is 15.5 Å². The lowest BCUT2D eigenvalue weighted by Gasteiger charge is -2.26. The van der Waals surface area contributed by atoms with E-state index in [-0.39, 0.29) is 11.8 Å². The molecule has 0 saturated heterocycles. The number of rotatable bonds is 7. The molecule has 0 aromatic carbocycles. The van der Waals surface area contributed by atoms with E-state index in [2.05, 4.69) is 20.4 Å². The van der Waals surface area contributed by atoms with E-state index in [0.717, 1.165) is 43.6 Å². The Kier molecular flexibility index (Phi) is 5.29. The van der Waals surface area contributed by atoms with E-state index in [1.54, 1.807) is 28.9 Å². The zero-order chi connectivity index (χ0) is 19.5. The molecule has 10 nitrogen and oxygen atoms in total. The fourth-order valence-electron chi connectivity index (χ4n) is 3.80. The molecule has 1 saturated carbocycles. The quantitative estimate of drug-likeness (QED) is 0.641. The van der Waals surface area contributed by atoms with Crippen LogP contribution in [-0.2, 0) is 22.5 Å². The average Bonchev–Trinajstić information content (AvgIpc) is 3.33. The van der Waals surface area contributed by atoms with Crippen molar-refractivity contribution in [3.8, 4) is 5.69 Å². The minimum Gasteiger partial charge on any atom is -0.383 e. The fraction of sp³-hybridized carbons (Fsp3) is 0.556. The molecular formula is C18H24N8O2. The van der Waals surface area contributed by atoms with Crippen molar-refractivity contribution in [2.45, 2.75) is 38.6 Å². The summed E-state index contributed by atoms with van der Waals surface area (Å²) in [5.74, 6) is 0.865. The van der Waals surface area contributed by atoms with E-state index < -0.39 is 0 Å². The van der Waals surface area contributed by atoms with Crippen LogP contribution in [0.4, 0.5) is 0 Å². The number of carbonyl (C=O) groups is 1. The van der Waals surface area contributed by atoms with Crippen molar-refractivity contribution in [2.24, 2.45) is 17.6 Å². The third-order valence-corrected chi connectivity index (χ3v) is 5.29. The van der Waals surface area contributed by atoms with E-state index in [1.807, 2.05) is 6.20 Å². The van der Waals surface area contributed by atoms with Gasteiger partial charge in [0.15, 0.2) is 11.2 Å². The molecule has 10 heteroatoms. The van der Waals surface area contributed by atoms with E-state index in [0.29, 0.717) is 30.2 Å². The molecule has 0 bridgehead atoms. The maximum Gasteiger partial charge on any atom is 0.220 e. The first-order valence-corrected chi connectivity index (χ1v) is 9.52. The van der Waals surface area contributed by atoms with Crippen molar-refractivity contribution in [1.82, 2.24) is 34.7 Å². The molecule has 148 valence electrons. The van der Waals surface area contributed by atoms with Crippen LogP contribution in [0.3, 0.4) is 0 Å². The summed E-state index contributed by atoms with van der Waals surface area (Å²) < 4.78 is 8.54. The van der Waals surface area contributed by atoms with Gasteiger partial charge in [-0.1, -0.05) is 11.6 Å². The molecule has 2 atom stereocenters. The summed E-state index contributed by atoms with van der Waals surface area (Å²) in [4.78, 5) is 20.7. The van der Waals surface area contributed by atoms with Crippen LogP contribution in [0.15, 0.2) is 18.6 Å². The Balaban J connectivity index is 1.54. The Bertz CT molecular complexity index is 966. The molecule has 0 spiro atoms. The van der Waals surface area contributed by atoms with Crippen molar-refractivity contribution in [1.29, 1.82) is 0 Å². The number of aromatic nitrogens is 7. The summed E-state index contributed by atoms with van der Waals surface area (Å²) in [6, 6.07) is 0. The first kappa shape index (κ1) is 18.5. The van der Waals surface area contributed by atoms with Gasteiger partial charge in [0, 0.05) is 19.4 Å². The Morgan fingerprint density at radius 2 is 2.25 bits per heavy atom. The Hall–Kier alpha value is -2.88. The van der Waals surface area contributed by atoms with Gasteiger partial charge in [-0.3, -0.25) is 9.48 Å². The first-order chi connectivity index (χ1) is 13.6. The molecule has 0 aliphatic heterocycles. The van der Waals surface area contributed by atoms with Gasteiger partial charge in [-0.15, -0.1) is 5.10 Å². The molecule has 1 aliphatic carbocycles. The maximum absolute atomic E-state index is 11.5. The van der Waals surface area contributed by atoms with Gasteiger partial charge in [0.25, 0.3) is 0 Å². The second kappa shape index (κ2) is 8.01. The number of nitrogens with two attached hydrogens (primary N) is 1. The summed E-state index contributed by atoms with van der Waals surface area (Å²) in [6.45, 7) is 1.24. The van der Waals surface area contributed by atoms with Gasteiger partial charge in [0.2, 0.25) is 5.91 Å². The number of primary amides is 1. The van der Waals surface area contributed by atoms with E-state index >= 15 is 0 Å². The molecule has 3 aromatic heterocycles. The molecule has 0 radical (unpaired) electrons. The summed E-state index contributed by atoms with van der Waals surface area (Å²) in [6.07, 6.45) is 9.80. The Morgan fingerprint density at radius 1 is 1.36 bits per heavy atom. The third kappa shape index (κ3) is 3.86. The van der Waals surface area contributed by atoms with Crippen LogP contribution in [-0.4, -0.2) is 54.4 Å². The van der Waals surface area contributed by atoms with Crippen LogP contribution in [0, 0.1) is 11.8 Å². The monoisotopic (exact) mass is 384 g/mol. The smallest absolute Gasteiger partial charge is 0.220 e. The molecule has 0 unspecified atom stereocenters. The highest BCUT2D eigenvalue weighted by Crippen LogP contribution is 2.30. The molecule has 1 aliphatic rings. The number of carbonyl (C=O) groups excluding carboxylic acids is 1. The van der Waals surface area contributed by atoms with Gasteiger partial charge in [0.1, 0.15) is 11.5 Å². The zero-order valence-electron chi connectivity index (χ0n) is 15.9. The predicted molar refractivity (Wildman–Crippen MR) is 100 cm³/mol. The van der Waals surface area contributed by atoms with Crippen LogP contribution >= 0.6 is 0 Å². The number of hydrogen-bond acceptors (Lipinski definition) is 7. The standard InChI is InChI=1S/C18H24N8O2/c1-28-6-5-25-11-14(9-21-25)26-18-15(23-24-26)10-20-16(22-18)8-12-3-2-4-13(7-12)17(19)27/h9-13H,2-8H2,1H3,(H2,19,27)/t12-,13-/m1/s1. The number of amides is 1. The Morgan fingerprint density at radius 3 is 3.07 bits per heavy atom. The van der Waals surface area contributed by atoms with Crippen molar-refractivity contribution >= 4 is 17.1 Å². The second-order valence-corrected chi connectivity index (χ2v) is 7.29. The van der Waals surface area contributed by atoms with Gasteiger partial charge < -0.3 is 10.5 Å². The largest absolute Gasteiger partial charge is 0.383 e. The van der Waals surface area contributed by atoms with Crippen LogP contribution in [0.1, 0.15) is 31.5 Å². The normalized spacial score (nSPS) is 19.9. The van der Waals surface area contributed by atoms with Crippen molar-refractivity contribution in [3.63, 3.8) is 0 Å². The average molecular weight is 384 g/mol. The summed E-state index contributed by atoms with van der Waals surface area (Å²) in [5, 5.41) is 12.7. The zero-order valence-corrected chi connectivity index (χ0v) is 15.9. The molecule has 28 heavy (non-hydrogen) atoms. The number of fused-ring (bicyclic) bond motifs is 1. The molecule has 3 aromatic rings. The minimum atomic E-state index is -0.200. The number of nitrogens with zero attached hydrogens (tertiary/aromatic N) is 7. The highest BCUT2D eigenvalue weighted by atomic mass is 16.5. The van der Waals surface area contributed by atoms with Gasteiger partial charge in [-0.05, 0) is 25.2 Å². The number of methoxy groups -OCH3 is 1. The molecule has 1 amide bonds. The minimum absolute atomic E-state index is 0.0346. The molecule has 1 fully saturated rings. The molecule has 2 N–H and O–H groups in total. The van der Waals surface area contributed by atoms with Crippen molar-refractivity contribution in [2.75, 3.05) is 13.7 Å². The Labute approximate surface area is 162 Å². The molecule has 3 heterocycles. The van der Waals surface area contributed by atoms with Gasteiger partial charge in [0.05, 0.1) is 31.7 Å². The SMILES string of the molecule is COCCn1cc(-n2nnc3cnc(C[C@@H]4CCC[C@@H](C(N)=O)C4)nc32)cn1. The van der Waals surface area contributed by atoms with E-state index in [1.165, 1.54) is 0 Å². The summed E-state index contributed by atoms with van der Waals surface area (Å²) >= 11 is 0. The van der Waals surface area contributed by atoms with Crippen LogP contribution in [0.5, 0.6) is 0 Å². The van der Waals surface area contributed by atoms with Gasteiger partial charge >= 0.3 is 0 Å². The van der Waals surface area contributed by atoms with Crippen molar-refractivity contribution in [3.05, 3.63) is 24.4 Å². The summed E-state index contributed by atoms with van der Waals surface area (Å²) in [5.41, 5.74) is 7.56. The molecular weight excluding hydrogens is 360 g/mol. The topological polar surface area (TPSA) is 127 Å². The maximum atomic E-state index is 11.5. The number of ether oxygens (including phenoxy) is 1. The predicted octanol–water partition coefficient (Wildman–Crippen LogP) is 0.888. The second-order valence-electron chi connectivity index (χ2n) is 7.29. The summed E-state index contributed by atoms with van der Waals surface area (Å²) in [7, 11) is 1.66.